The van der Waals surface area contributed by atoms with Crippen LogP contribution in [0.15, 0.2) is 35.2 Å². The van der Waals surface area contributed by atoms with E-state index >= 15 is 0 Å². The summed E-state index contributed by atoms with van der Waals surface area (Å²) in [5.41, 5.74) is 0.396. The van der Waals surface area contributed by atoms with Gasteiger partial charge in [0.25, 0.3) is 0 Å². The summed E-state index contributed by atoms with van der Waals surface area (Å²) in [6, 6.07) is 5.81. The maximum Gasteiger partial charge on any atom is 0.240 e. The Labute approximate surface area is 130 Å². The van der Waals surface area contributed by atoms with E-state index in [1.54, 1.807) is 6.92 Å². The van der Waals surface area contributed by atoms with Crippen LogP contribution in [0.25, 0.3) is 0 Å². The first kappa shape index (κ1) is 16.8. The predicted octanol–water partition coefficient (Wildman–Crippen LogP) is 3.54. The van der Waals surface area contributed by atoms with Crippen LogP contribution in [0, 0.1) is 24.4 Å². The van der Waals surface area contributed by atoms with Gasteiger partial charge in [-0.2, -0.15) is 0 Å². The van der Waals surface area contributed by atoms with Crippen molar-refractivity contribution in [2.24, 2.45) is 0 Å². The molecular formula is C14H11ClF3NO2S. The molecule has 0 heterocycles. The lowest BCUT2D eigenvalue weighted by Crippen LogP contribution is -2.24. The number of nitrogens with one attached hydrogen (secondary N) is 1. The van der Waals surface area contributed by atoms with Gasteiger partial charge < -0.3 is 0 Å². The van der Waals surface area contributed by atoms with Crippen LogP contribution in [-0.2, 0) is 16.6 Å². The van der Waals surface area contributed by atoms with Crippen molar-refractivity contribution in [1.82, 2.24) is 4.72 Å². The van der Waals surface area contributed by atoms with Crippen molar-refractivity contribution >= 4 is 21.6 Å². The smallest absolute Gasteiger partial charge is 0.207 e. The highest BCUT2D eigenvalue weighted by Gasteiger charge is 2.18. The lowest BCUT2D eigenvalue weighted by molar-refractivity contribution is 0.440. The molecule has 2 aromatic rings. The molecule has 2 aromatic carbocycles. The second kappa shape index (κ2) is 6.28. The molecule has 1 N–H and O–H groups in total. The van der Waals surface area contributed by atoms with E-state index < -0.39 is 34.0 Å². The minimum Gasteiger partial charge on any atom is -0.207 e. The van der Waals surface area contributed by atoms with E-state index in [2.05, 4.69) is 4.72 Å². The van der Waals surface area contributed by atoms with Crippen LogP contribution in [0.4, 0.5) is 13.2 Å². The summed E-state index contributed by atoms with van der Waals surface area (Å²) >= 11 is 5.86. The van der Waals surface area contributed by atoms with E-state index in [0.717, 1.165) is 12.1 Å². The number of hydrogen-bond donors (Lipinski definition) is 1. The Balaban J connectivity index is 2.23. The van der Waals surface area contributed by atoms with Crippen LogP contribution in [0.3, 0.4) is 0 Å². The summed E-state index contributed by atoms with van der Waals surface area (Å²) < 4.78 is 65.6. The van der Waals surface area contributed by atoms with E-state index in [9.17, 15) is 21.6 Å². The number of rotatable bonds is 4. The zero-order chi connectivity index (χ0) is 16.5. The molecule has 0 aromatic heterocycles. The molecule has 0 atom stereocenters. The molecule has 3 nitrogen and oxygen atoms in total. The lowest BCUT2D eigenvalue weighted by atomic mass is 10.2. The molecule has 0 aliphatic heterocycles. The summed E-state index contributed by atoms with van der Waals surface area (Å²) in [5.74, 6) is -4.41. The fraction of sp³-hybridized carbons (Fsp3) is 0.143. The van der Waals surface area contributed by atoms with E-state index in [4.69, 9.17) is 11.6 Å². The Morgan fingerprint density at radius 1 is 1.09 bits per heavy atom. The van der Waals surface area contributed by atoms with Gasteiger partial charge in [-0.15, -0.1) is 0 Å². The van der Waals surface area contributed by atoms with Crippen LogP contribution in [0.2, 0.25) is 5.02 Å². The van der Waals surface area contributed by atoms with Crippen LogP contribution in [0.1, 0.15) is 11.1 Å². The molecule has 0 saturated heterocycles. The van der Waals surface area contributed by atoms with Gasteiger partial charge in [-0.1, -0.05) is 23.7 Å². The molecule has 0 aliphatic rings. The van der Waals surface area contributed by atoms with Crippen LogP contribution in [0.5, 0.6) is 0 Å². The molecule has 2 rings (SSSR count). The Hall–Kier alpha value is -1.57. The second-order valence-electron chi connectivity index (χ2n) is 4.57. The fourth-order valence-electron chi connectivity index (χ4n) is 1.70. The van der Waals surface area contributed by atoms with Gasteiger partial charge in [0.1, 0.15) is 0 Å². The maximum absolute atomic E-state index is 13.5. The Bertz CT molecular complexity index is 825. The summed E-state index contributed by atoms with van der Waals surface area (Å²) in [5, 5.41) is 0.266. The molecule has 0 radical (unpaired) electrons. The predicted molar refractivity (Wildman–Crippen MR) is 76.5 cm³/mol. The molecule has 0 fully saturated rings. The lowest BCUT2D eigenvalue weighted by Gasteiger charge is -2.09. The fourth-order valence-corrected chi connectivity index (χ4v) is 2.98. The molecule has 22 heavy (non-hydrogen) atoms. The molecular weight excluding hydrogens is 339 g/mol. The van der Waals surface area contributed by atoms with E-state index in [1.807, 2.05) is 0 Å². The van der Waals surface area contributed by atoms with Crippen molar-refractivity contribution in [2.75, 3.05) is 0 Å². The molecule has 0 amide bonds. The molecule has 118 valence electrons. The summed E-state index contributed by atoms with van der Waals surface area (Å²) in [6.07, 6.45) is 0. The Morgan fingerprint density at radius 3 is 2.41 bits per heavy atom. The molecule has 0 aliphatic carbocycles. The van der Waals surface area contributed by atoms with Gasteiger partial charge in [0, 0.05) is 17.1 Å². The van der Waals surface area contributed by atoms with Gasteiger partial charge in [-0.3, -0.25) is 0 Å². The summed E-state index contributed by atoms with van der Waals surface area (Å²) in [4.78, 5) is -0.105. The third kappa shape index (κ3) is 3.43. The zero-order valence-electron chi connectivity index (χ0n) is 11.3. The minimum absolute atomic E-state index is 0.105. The first-order chi connectivity index (χ1) is 10.2. The van der Waals surface area contributed by atoms with Crippen LogP contribution >= 0.6 is 11.6 Å². The third-order valence-corrected chi connectivity index (χ3v) is 4.83. The van der Waals surface area contributed by atoms with Crippen molar-refractivity contribution in [3.05, 3.63) is 63.9 Å². The van der Waals surface area contributed by atoms with E-state index in [-0.39, 0.29) is 15.5 Å². The quantitative estimate of drug-likeness (QED) is 0.858. The van der Waals surface area contributed by atoms with Crippen molar-refractivity contribution in [2.45, 2.75) is 18.4 Å². The van der Waals surface area contributed by atoms with Gasteiger partial charge in [0.05, 0.1) is 4.90 Å². The highest BCUT2D eigenvalue weighted by Crippen LogP contribution is 2.20. The van der Waals surface area contributed by atoms with Crippen LogP contribution < -0.4 is 4.72 Å². The highest BCUT2D eigenvalue weighted by atomic mass is 35.5. The second-order valence-corrected chi connectivity index (χ2v) is 6.74. The van der Waals surface area contributed by atoms with Crippen molar-refractivity contribution < 1.29 is 21.6 Å². The summed E-state index contributed by atoms with van der Waals surface area (Å²) in [7, 11) is -3.95. The SMILES string of the molecule is Cc1ccc(S(=O)(=O)NCc2ccc(F)c(F)c2F)cc1Cl. The van der Waals surface area contributed by atoms with Gasteiger partial charge in [0.2, 0.25) is 10.0 Å². The monoisotopic (exact) mass is 349 g/mol. The van der Waals surface area contributed by atoms with Crippen molar-refractivity contribution in [1.29, 1.82) is 0 Å². The number of hydrogen-bond acceptors (Lipinski definition) is 2. The molecule has 0 bridgehead atoms. The average molecular weight is 350 g/mol. The Morgan fingerprint density at radius 2 is 1.77 bits per heavy atom. The normalized spacial score (nSPS) is 11.7. The van der Waals surface area contributed by atoms with Gasteiger partial charge in [0.15, 0.2) is 17.5 Å². The van der Waals surface area contributed by atoms with E-state index in [0.29, 0.717) is 5.56 Å². The third-order valence-electron chi connectivity index (χ3n) is 3.02. The topological polar surface area (TPSA) is 46.2 Å². The van der Waals surface area contributed by atoms with Gasteiger partial charge >= 0.3 is 0 Å². The van der Waals surface area contributed by atoms with Crippen LogP contribution in [-0.4, -0.2) is 8.42 Å². The van der Waals surface area contributed by atoms with E-state index in [1.165, 1.54) is 18.2 Å². The zero-order valence-corrected chi connectivity index (χ0v) is 12.9. The molecule has 8 heteroatoms. The Kier molecular flexibility index (Phi) is 4.79. The number of aryl methyl sites for hydroxylation is 1. The number of sulfonamides is 1. The van der Waals surface area contributed by atoms with Gasteiger partial charge in [-0.05, 0) is 30.7 Å². The van der Waals surface area contributed by atoms with Gasteiger partial charge in [-0.25, -0.2) is 26.3 Å². The highest BCUT2D eigenvalue weighted by molar-refractivity contribution is 7.89. The largest absolute Gasteiger partial charge is 0.240 e. The van der Waals surface area contributed by atoms with Crippen molar-refractivity contribution in [3.63, 3.8) is 0 Å². The van der Waals surface area contributed by atoms with Crippen molar-refractivity contribution in [3.8, 4) is 0 Å². The molecule has 0 unspecified atom stereocenters. The standard InChI is InChI=1S/C14H11ClF3NO2S/c1-8-2-4-10(6-11(8)15)22(20,21)19-7-9-3-5-12(16)14(18)13(9)17/h2-6,19H,7H2,1H3. The molecule has 0 saturated carbocycles. The molecule has 0 spiro atoms. The average Bonchev–Trinajstić information content (AvgIpc) is 2.47. The summed E-state index contributed by atoms with van der Waals surface area (Å²) in [6.45, 7) is 1.19. The first-order valence-corrected chi connectivity index (χ1v) is 7.96. The maximum atomic E-state index is 13.5. The number of halogens is 4. The first-order valence-electron chi connectivity index (χ1n) is 6.10. The minimum atomic E-state index is -3.95. The number of benzene rings is 2.